The molecule has 0 amide bonds. The average molecular weight is 454 g/mol. The minimum absolute atomic E-state index is 0.0567. The number of ketones is 1. The van der Waals surface area contributed by atoms with Crippen LogP contribution in [-0.2, 0) is 4.79 Å². The molecule has 2 unspecified atom stereocenters. The molecule has 0 aliphatic heterocycles. The Morgan fingerprint density at radius 1 is 0.588 bits per heavy atom. The number of hydrogen-bond donors (Lipinski definition) is 5. The van der Waals surface area contributed by atoms with Crippen molar-refractivity contribution in [2.24, 2.45) is 5.92 Å². The van der Waals surface area contributed by atoms with Crippen LogP contribution < -0.4 is 0 Å². The van der Waals surface area contributed by atoms with Crippen molar-refractivity contribution < 1.29 is 30.3 Å². The molecule has 6 rings (SSSR count). The highest BCUT2D eigenvalue weighted by Crippen LogP contribution is 2.69. The maximum atomic E-state index is 13.3. The molecule has 34 heavy (non-hydrogen) atoms. The van der Waals surface area contributed by atoms with E-state index >= 15 is 0 Å². The fourth-order valence-corrected chi connectivity index (χ4v) is 6.40. The molecule has 0 saturated heterocycles. The van der Waals surface area contributed by atoms with E-state index in [1.807, 2.05) is 12.1 Å². The molecule has 3 aromatic rings. The number of hydrogen-bond acceptors (Lipinski definition) is 6. The molecular weight excluding hydrogens is 432 g/mol. The highest BCUT2D eigenvalue weighted by molar-refractivity contribution is 5.98. The molecule has 170 valence electrons. The lowest BCUT2D eigenvalue weighted by molar-refractivity contribution is -0.118. The number of aliphatic hydroxyl groups is 1. The predicted octanol–water partition coefficient (Wildman–Crippen LogP) is 4.84. The zero-order valence-corrected chi connectivity index (χ0v) is 18.0. The quantitative estimate of drug-likeness (QED) is 0.378. The van der Waals surface area contributed by atoms with Crippen LogP contribution in [0, 0.1) is 5.92 Å². The number of benzene rings is 3. The second-order valence-corrected chi connectivity index (χ2v) is 9.30. The number of carbonyl (C=O) groups excluding carboxylic acids is 1. The van der Waals surface area contributed by atoms with Crippen molar-refractivity contribution in [2.75, 3.05) is 0 Å². The van der Waals surface area contributed by atoms with Crippen LogP contribution in [-0.4, -0.2) is 31.3 Å². The van der Waals surface area contributed by atoms with E-state index in [0.29, 0.717) is 11.1 Å². The van der Waals surface area contributed by atoms with Crippen molar-refractivity contribution in [3.8, 4) is 23.0 Å². The van der Waals surface area contributed by atoms with E-state index in [2.05, 4.69) is 0 Å². The van der Waals surface area contributed by atoms with Crippen molar-refractivity contribution >= 4 is 5.78 Å². The lowest BCUT2D eigenvalue weighted by atomic mass is 9.57. The second kappa shape index (κ2) is 7.15. The smallest absolute Gasteiger partial charge is 0.167 e. The molecule has 0 spiro atoms. The van der Waals surface area contributed by atoms with Crippen LogP contribution in [0.15, 0.2) is 84.1 Å². The summed E-state index contributed by atoms with van der Waals surface area (Å²) < 4.78 is 0. The van der Waals surface area contributed by atoms with Crippen molar-refractivity contribution in [1.82, 2.24) is 0 Å². The zero-order valence-electron chi connectivity index (χ0n) is 18.0. The molecular formula is C28H22O6. The van der Waals surface area contributed by atoms with Gasteiger partial charge in [-0.15, -0.1) is 0 Å². The van der Waals surface area contributed by atoms with Gasteiger partial charge >= 0.3 is 0 Å². The molecule has 1 saturated carbocycles. The maximum Gasteiger partial charge on any atom is 0.167 e. The Morgan fingerprint density at radius 3 is 1.74 bits per heavy atom. The van der Waals surface area contributed by atoms with E-state index in [-0.39, 0.29) is 52.3 Å². The van der Waals surface area contributed by atoms with Crippen LogP contribution in [0.3, 0.4) is 0 Å². The summed E-state index contributed by atoms with van der Waals surface area (Å²) in [5, 5.41) is 51.5. The average Bonchev–Trinajstić information content (AvgIpc) is 3.05. The van der Waals surface area contributed by atoms with Crippen LogP contribution in [0.1, 0.15) is 45.9 Å². The van der Waals surface area contributed by atoms with Gasteiger partial charge in [0.15, 0.2) is 5.78 Å². The first-order chi connectivity index (χ1) is 16.3. The largest absolute Gasteiger partial charge is 0.508 e. The number of fused-ring (bicyclic) bond motifs is 7. The number of phenolic OH excluding ortho intramolecular Hbond substituents is 4. The number of rotatable bonds is 2. The molecule has 5 N–H and O–H groups in total. The molecule has 1 fully saturated rings. The molecule has 3 aromatic carbocycles. The van der Waals surface area contributed by atoms with Gasteiger partial charge in [-0.3, -0.25) is 4.79 Å². The molecule has 2 bridgehead atoms. The highest BCUT2D eigenvalue weighted by atomic mass is 16.3. The molecule has 6 heteroatoms. The summed E-state index contributed by atoms with van der Waals surface area (Å²) in [5.41, 5.74) is 3.84. The van der Waals surface area contributed by atoms with Gasteiger partial charge in [-0.1, -0.05) is 24.3 Å². The van der Waals surface area contributed by atoms with Crippen molar-refractivity contribution in [3.05, 3.63) is 106 Å². The van der Waals surface area contributed by atoms with Crippen LogP contribution >= 0.6 is 0 Å². The number of aromatic hydroxyl groups is 4. The Bertz CT molecular complexity index is 1380. The van der Waals surface area contributed by atoms with E-state index < -0.39 is 11.8 Å². The zero-order chi connectivity index (χ0) is 23.7. The third-order valence-corrected chi connectivity index (χ3v) is 7.52. The van der Waals surface area contributed by atoms with Crippen LogP contribution in [0.5, 0.6) is 23.0 Å². The van der Waals surface area contributed by atoms with Gasteiger partial charge < -0.3 is 25.5 Å². The maximum absolute atomic E-state index is 13.3. The van der Waals surface area contributed by atoms with Gasteiger partial charge in [-0.05, 0) is 58.7 Å². The highest BCUT2D eigenvalue weighted by Gasteiger charge is 2.58. The summed E-state index contributed by atoms with van der Waals surface area (Å²) in [4.78, 5) is 13.3. The molecule has 6 nitrogen and oxygen atoms in total. The summed E-state index contributed by atoms with van der Waals surface area (Å²) in [6.45, 7) is 0. The Labute approximate surface area is 195 Å². The normalized spacial score (nSPS) is 26.9. The topological polar surface area (TPSA) is 118 Å². The van der Waals surface area contributed by atoms with Crippen molar-refractivity contribution in [2.45, 2.75) is 23.7 Å². The molecule has 0 heterocycles. The van der Waals surface area contributed by atoms with E-state index in [1.165, 1.54) is 12.1 Å². The number of phenols is 4. The molecule has 3 aliphatic rings. The number of allylic oxidation sites excluding steroid dienone is 3. The summed E-state index contributed by atoms with van der Waals surface area (Å²) >= 11 is 0. The van der Waals surface area contributed by atoms with Gasteiger partial charge in [0.2, 0.25) is 0 Å². The Morgan fingerprint density at radius 2 is 1.15 bits per heavy atom. The van der Waals surface area contributed by atoms with Gasteiger partial charge in [0.25, 0.3) is 0 Å². The number of aliphatic hydroxyl groups excluding tert-OH is 1. The lowest BCUT2D eigenvalue weighted by Crippen LogP contribution is -2.37. The van der Waals surface area contributed by atoms with Gasteiger partial charge in [0.05, 0.1) is 5.92 Å². The van der Waals surface area contributed by atoms with Gasteiger partial charge in [-0.2, -0.15) is 0 Å². The van der Waals surface area contributed by atoms with Crippen LogP contribution in [0.2, 0.25) is 0 Å². The van der Waals surface area contributed by atoms with Crippen LogP contribution in [0.25, 0.3) is 0 Å². The summed E-state index contributed by atoms with van der Waals surface area (Å²) in [5.74, 6) is -2.08. The minimum Gasteiger partial charge on any atom is -0.508 e. The molecule has 0 radical (unpaired) electrons. The van der Waals surface area contributed by atoms with Crippen molar-refractivity contribution in [3.63, 3.8) is 0 Å². The number of carbonyl (C=O) groups is 1. The lowest BCUT2D eigenvalue weighted by Gasteiger charge is -2.45. The summed E-state index contributed by atoms with van der Waals surface area (Å²) in [7, 11) is 0. The standard InChI is InChI=1S/C28H22O6/c29-15-5-1-13(2-6-15)23-25-19(9-17(31)11-21(25)33)28-24(14-3-7-16(30)8-4-14)27(23)20-10-18(32)12-22(34)26(20)28/h1-12,23-25,27-32,34H/t23-,24?,25?,27+,28-/m1/s1. The predicted molar refractivity (Wildman–Crippen MR) is 124 cm³/mol. The third-order valence-electron chi connectivity index (χ3n) is 7.52. The monoisotopic (exact) mass is 454 g/mol. The fraction of sp³-hybridized carbons (Fsp3) is 0.179. The summed E-state index contributed by atoms with van der Waals surface area (Å²) in [6, 6.07) is 16.6. The first-order valence-corrected chi connectivity index (χ1v) is 11.1. The Hall–Kier alpha value is -4.19. The first-order valence-electron chi connectivity index (χ1n) is 11.1. The van der Waals surface area contributed by atoms with Gasteiger partial charge in [-0.25, -0.2) is 0 Å². The minimum atomic E-state index is -0.572. The molecule has 0 aromatic heterocycles. The summed E-state index contributed by atoms with van der Waals surface area (Å²) in [6.07, 6.45) is 2.86. The fourth-order valence-electron chi connectivity index (χ4n) is 6.40. The Kier molecular flexibility index (Phi) is 4.30. The van der Waals surface area contributed by atoms with E-state index in [0.717, 1.165) is 16.7 Å². The van der Waals surface area contributed by atoms with Crippen molar-refractivity contribution in [1.29, 1.82) is 0 Å². The van der Waals surface area contributed by atoms with Crippen LogP contribution in [0.4, 0.5) is 0 Å². The molecule has 5 atom stereocenters. The Balaban J connectivity index is 1.68. The SMILES string of the molecule is O=C1C=C(O)C=C2C1[C@@H](c1ccc(O)cc1)[C@@H]1c3cc(O)cc(O)c3[C@H]2C1c1ccc(O)cc1. The van der Waals surface area contributed by atoms with Gasteiger partial charge in [0.1, 0.15) is 28.8 Å². The van der Waals surface area contributed by atoms with Gasteiger partial charge in [0, 0.05) is 41.4 Å². The third kappa shape index (κ3) is 2.85. The van der Waals surface area contributed by atoms with E-state index in [1.54, 1.807) is 48.5 Å². The molecule has 3 aliphatic carbocycles. The first kappa shape index (κ1) is 20.4. The second-order valence-electron chi connectivity index (χ2n) is 9.30. The van der Waals surface area contributed by atoms with E-state index in [4.69, 9.17) is 0 Å². The van der Waals surface area contributed by atoms with E-state index in [9.17, 15) is 30.3 Å².